The van der Waals surface area contributed by atoms with Crippen LogP contribution in [0.4, 0.5) is 5.95 Å². The first kappa shape index (κ1) is 21.1. The van der Waals surface area contributed by atoms with Crippen molar-refractivity contribution in [2.75, 3.05) is 5.01 Å². The minimum absolute atomic E-state index is 0.0680. The molecule has 1 atom stereocenters. The maximum Gasteiger partial charge on any atom is 0.247 e. The lowest BCUT2D eigenvalue weighted by Gasteiger charge is -2.23. The van der Waals surface area contributed by atoms with Gasteiger partial charge in [0.2, 0.25) is 5.95 Å². The average Bonchev–Trinajstić information content (AvgIpc) is 3.55. The minimum Gasteiger partial charge on any atom is -0.463 e. The second-order valence-electron chi connectivity index (χ2n) is 8.04. The fraction of sp³-hybridized carbons (Fsp3) is 0.0741. The van der Waals surface area contributed by atoms with Crippen LogP contribution in [-0.4, -0.2) is 15.7 Å². The molecule has 0 amide bonds. The van der Waals surface area contributed by atoms with Crippen molar-refractivity contribution >= 4 is 50.1 Å². The second-order valence-corrected chi connectivity index (χ2v) is 9.39. The van der Waals surface area contributed by atoms with E-state index >= 15 is 0 Å². The van der Waals surface area contributed by atoms with E-state index < -0.39 is 0 Å². The monoisotopic (exact) mass is 528 g/mol. The number of hydrogen-bond acceptors (Lipinski definition) is 5. The third-order valence-electron chi connectivity index (χ3n) is 5.87. The molecule has 0 saturated heterocycles. The van der Waals surface area contributed by atoms with Crippen LogP contribution in [0.5, 0.6) is 0 Å². The lowest BCUT2D eigenvalue weighted by atomic mass is 10.0. The van der Waals surface area contributed by atoms with Gasteiger partial charge in [-0.3, -0.25) is 0 Å². The summed E-state index contributed by atoms with van der Waals surface area (Å²) in [6.45, 7) is 0. The number of anilines is 1. The van der Waals surface area contributed by atoms with Crippen LogP contribution >= 0.6 is 27.5 Å². The van der Waals surface area contributed by atoms with Gasteiger partial charge in [-0.1, -0.05) is 70.0 Å². The summed E-state index contributed by atoms with van der Waals surface area (Å²) in [4.78, 5) is 9.92. The van der Waals surface area contributed by atoms with Gasteiger partial charge >= 0.3 is 0 Å². The number of rotatable bonds is 4. The van der Waals surface area contributed by atoms with E-state index in [9.17, 15) is 0 Å². The normalized spacial score (nSPS) is 15.6. The smallest absolute Gasteiger partial charge is 0.247 e. The van der Waals surface area contributed by atoms with Crippen LogP contribution < -0.4 is 5.01 Å². The topological polar surface area (TPSA) is 54.5 Å². The quantitative estimate of drug-likeness (QED) is 0.240. The van der Waals surface area contributed by atoms with E-state index in [1.807, 2.05) is 77.8 Å². The van der Waals surface area contributed by atoms with E-state index in [0.717, 1.165) is 43.7 Å². The van der Waals surface area contributed by atoms with Gasteiger partial charge in [0.15, 0.2) is 0 Å². The van der Waals surface area contributed by atoms with Crippen LogP contribution in [0.2, 0.25) is 5.02 Å². The fourth-order valence-electron chi connectivity index (χ4n) is 4.24. The van der Waals surface area contributed by atoms with Gasteiger partial charge < -0.3 is 4.42 Å². The van der Waals surface area contributed by atoms with Gasteiger partial charge in [0.05, 0.1) is 23.5 Å². The molecular weight excluding hydrogens is 512 g/mol. The van der Waals surface area contributed by atoms with Crippen LogP contribution in [-0.2, 0) is 0 Å². The van der Waals surface area contributed by atoms with E-state index in [1.54, 1.807) is 6.26 Å². The van der Waals surface area contributed by atoms with Crippen molar-refractivity contribution in [1.29, 1.82) is 0 Å². The molecule has 1 aliphatic rings. The Bertz CT molecular complexity index is 1500. The van der Waals surface area contributed by atoms with Gasteiger partial charge in [-0.05, 0) is 48.0 Å². The lowest BCUT2D eigenvalue weighted by molar-refractivity contribution is 0.556. The predicted octanol–water partition coefficient (Wildman–Crippen LogP) is 7.66. The minimum atomic E-state index is -0.0680. The number of furan rings is 1. The highest BCUT2D eigenvalue weighted by Gasteiger charge is 2.33. The van der Waals surface area contributed by atoms with Gasteiger partial charge in [-0.15, -0.1) is 0 Å². The Morgan fingerprint density at radius 3 is 2.50 bits per heavy atom. The van der Waals surface area contributed by atoms with E-state index in [0.29, 0.717) is 17.4 Å². The summed E-state index contributed by atoms with van der Waals surface area (Å²) in [5.74, 6) is 1.28. The highest BCUT2D eigenvalue weighted by Crippen LogP contribution is 2.38. The maximum absolute atomic E-state index is 6.34. The average molecular weight is 530 g/mol. The van der Waals surface area contributed by atoms with Crippen LogP contribution in [0.25, 0.3) is 22.2 Å². The van der Waals surface area contributed by atoms with Crippen molar-refractivity contribution in [3.8, 4) is 11.3 Å². The molecule has 3 heterocycles. The van der Waals surface area contributed by atoms with Gasteiger partial charge in [-0.2, -0.15) is 5.10 Å². The van der Waals surface area contributed by atoms with Gasteiger partial charge in [-0.25, -0.2) is 15.0 Å². The van der Waals surface area contributed by atoms with E-state index in [1.165, 1.54) is 0 Å². The summed E-state index contributed by atoms with van der Waals surface area (Å²) in [5.41, 5.74) is 4.60. The molecule has 0 fully saturated rings. The molecule has 5 nitrogen and oxygen atoms in total. The molecule has 0 radical (unpaired) electrons. The van der Waals surface area contributed by atoms with Crippen LogP contribution in [0.3, 0.4) is 0 Å². The van der Waals surface area contributed by atoms with E-state index in [2.05, 4.69) is 28.1 Å². The first-order valence-electron chi connectivity index (χ1n) is 10.8. The van der Waals surface area contributed by atoms with E-state index in [4.69, 9.17) is 31.1 Å². The summed E-state index contributed by atoms with van der Waals surface area (Å²) >= 11 is 9.87. The number of nitrogens with zero attached hydrogens (tertiary/aromatic N) is 4. The fourth-order valence-corrected chi connectivity index (χ4v) is 4.67. The molecule has 0 spiro atoms. The van der Waals surface area contributed by atoms with Crippen molar-refractivity contribution in [3.05, 3.63) is 112 Å². The third-order valence-corrected chi connectivity index (χ3v) is 6.63. The van der Waals surface area contributed by atoms with Crippen molar-refractivity contribution in [3.63, 3.8) is 0 Å². The number of fused-ring (bicyclic) bond motifs is 1. The highest BCUT2D eigenvalue weighted by atomic mass is 79.9. The molecule has 1 aliphatic heterocycles. The highest BCUT2D eigenvalue weighted by molar-refractivity contribution is 9.10. The molecule has 0 aliphatic carbocycles. The number of hydrazone groups is 1. The molecule has 1 unspecified atom stereocenters. The van der Waals surface area contributed by atoms with Gasteiger partial charge in [0.25, 0.3) is 0 Å². The Morgan fingerprint density at radius 1 is 0.912 bits per heavy atom. The summed E-state index contributed by atoms with van der Waals surface area (Å²) in [7, 11) is 0. The standard InChI is InChI=1S/C27H18BrClN4O/c28-19-10-8-17(9-11-19)24-16-23(25-7-4-14-34-25)32-33(24)27-30-22-13-12-20(29)15-21(22)26(31-27)18-5-2-1-3-6-18/h1-15,24H,16H2. The molecule has 5 aromatic rings. The Morgan fingerprint density at radius 2 is 1.74 bits per heavy atom. The van der Waals surface area contributed by atoms with Crippen molar-refractivity contribution in [1.82, 2.24) is 9.97 Å². The summed E-state index contributed by atoms with van der Waals surface area (Å²) < 4.78 is 6.69. The Balaban J connectivity index is 1.54. The van der Waals surface area contributed by atoms with Crippen molar-refractivity contribution in [2.24, 2.45) is 5.10 Å². The van der Waals surface area contributed by atoms with E-state index in [-0.39, 0.29) is 6.04 Å². The Hall–Kier alpha value is -3.48. The van der Waals surface area contributed by atoms with Crippen LogP contribution in [0.15, 0.2) is 105 Å². The zero-order valence-corrected chi connectivity index (χ0v) is 20.2. The van der Waals surface area contributed by atoms with Crippen molar-refractivity contribution < 1.29 is 4.42 Å². The SMILES string of the molecule is Clc1ccc2nc(N3N=C(c4ccco4)CC3c3ccc(Br)cc3)nc(-c3ccccc3)c2c1. The molecule has 0 saturated carbocycles. The van der Waals surface area contributed by atoms with Crippen LogP contribution in [0, 0.1) is 0 Å². The largest absolute Gasteiger partial charge is 0.463 e. The van der Waals surface area contributed by atoms with Crippen LogP contribution in [0.1, 0.15) is 23.8 Å². The summed E-state index contributed by atoms with van der Waals surface area (Å²) in [6.07, 6.45) is 2.34. The zero-order valence-electron chi connectivity index (χ0n) is 17.9. The zero-order chi connectivity index (χ0) is 23.1. The summed E-state index contributed by atoms with van der Waals surface area (Å²) in [5, 5.41) is 8.38. The molecule has 3 aromatic carbocycles. The number of benzene rings is 3. The maximum atomic E-state index is 6.34. The Kier molecular flexibility index (Phi) is 5.40. The molecule has 2 aromatic heterocycles. The molecule has 6 rings (SSSR count). The van der Waals surface area contributed by atoms with Gasteiger partial charge in [0.1, 0.15) is 11.5 Å². The first-order chi connectivity index (χ1) is 16.7. The first-order valence-corrected chi connectivity index (χ1v) is 12.0. The molecule has 0 N–H and O–H groups in total. The lowest BCUT2D eigenvalue weighted by Crippen LogP contribution is -2.21. The van der Waals surface area contributed by atoms with Crippen molar-refractivity contribution in [2.45, 2.75) is 12.5 Å². The Labute approximate surface area is 209 Å². The number of aromatic nitrogens is 2. The van der Waals surface area contributed by atoms with Gasteiger partial charge in [0, 0.05) is 26.9 Å². The second kappa shape index (κ2) is 8.70. The number of halogens is 2. The predicted molar refractivity (Wildman–Crippen MR) is 139 cm³/mol. The molecular formula is C27H18BrClN4O. The number of hydrogen-bond donors (Lipinski definition) is 0. The third kappa shape index (κ3) is 3.89. The molecule has 0 bridgehead atoms. The molecule has 7 heteroatoms. The molecule has 34 heavy (non-hydrogen) atoms. The molecule has 166 valence electrons. The summed E-state index contributed by atoms with van der Waals surface area (Å²) in [6, 6.07) is 27.8.